The molecule has 0 aliphatic heterocycles. The van der Waals surface area contributed by atoms with Crippen LogP contribution in [0.25, 0.3) is 5.52 Å². The number of aromatic nitrogens is 3. The van der Waals surface area contributed by atoms with Crippen LogP contribution in [-0.2, 0) is 29.7 Å². The molecule has 1 unspecified atom stereocenters. The maximum atomic E-state index is 13.1. The minimum atomic E-state index is -4.85. The van der Waals surface area contributed by atoms with Gasteiger partial charge in [-0.1, -0.05) is 121 Å². The zero-order chi connectivity index (χ0) is 40.8. The predicted octanol–water partition coefficient (Wildman–Crippen LogP) is 8.51. The zero-order valence-corrected chi connectivity index (χ0v) is 34.5. The number of aliphatic hydroxyl groups is 2. The summed E-state index contributed by atoms with van der Waals surface area (Å²) in [6, 6.07) is 11.7. The van der Waals surface area contributed by atoms with Gasteiger partial charge >= 0.3 is 7.82 Å². The van der Waals surface area contributed by atoms with Crippen molar-refractivity contribution in [3.05, 3.63) is 58.5 Å². The maximum absolute atomic E-state index is 13.1. The second kappa shape index (κ2) is 25.3. The van der Waals surface area contributed by atoms with Gasteiger partial charge in [-0.3, -0.25) is 9.05 Å². The van der Waals surface area contributed by atoms with Gasteiger partial charge in [0.2, 0.25) is 5.60 Å². The molecule has 0 aliphatic carbocycles. The molecular formula is C40H60ClN6O8P. The number of phosphoric acid groups is 1. The standard InChI is InChI=1S/C40H60ClN6O8P/c1-3-4-5-6-7-8-9-10-11-12-13-14-15-16-17-18-19-34(53-26-32-22-31(25-42)23-33(41)24-32)27-54-56(50,51)55-29-40(28-43,52-2)38(49)37(48)35-20-21-36-39(44)45-30-46-47(35)36/h20-24,30,34,37-38,48-49H,3-19,26-27,29H2,1-2H3,(H,50,51)(H2,44,45,46)/t34-,37+,38+,40-/m1/s1. The van der Waals surface area contributed by atoms with Crippen molar-refractivity contribution >= 4 is 30.8 Å². The Labute approximate surface area is 336 Å². The van der Waals surface area contributed by atoms with Crippen molar-refractivity contribution in [2.24, 2.45) is 0 Å². The average molecular weight is 819 g/mol. The van der Waals surface area contributed by atoms with Gasteiger partial charge in [0.05, 0.1) is 36.6 Å². The van der Waals surface area contributed by atoms with Crippen LogP contribution < -0.4 is 5.73 Å². The molecule has 310 valence electrons. The Kier molecular flexibility index (Phi) is 21.3. The monoisotopic (exact) mass is 818 g/mol. The number of nitrogen functional groups attached to an aromatic ring is 1. The second-order valence-corrected chi connectivity index (χ2v) is 16.2. The molecule has 0 saturated heterocycles. The van der Waals surface area contributed by atoms with E-state index in [1.165, 1.54) is 93.7 Å². The molecule has 2 heterocycles. The number of nitriles is 2. The Morgan fingerprint density at radius 3 is 2.11 bits per heavy atom. The molecule has 0 spiro atoms. The summed E-state index contributed by atoms with van der Waals surface area (Å²) in [6.45, 7) is 1.07. The number of aliphatic hydroxyl groups excluding tert-OH is 2. The molecule has 14 nitrogen and oxygen atoms in total. The van der Waals surface area contributed by atoms with Crippen LogP contribution in [0, 0.1) is 22.7 Å². The Morgan fingerprint density at radius 2 is 1.54 bits per heavy atom. The lowest BCUT2D eigenvalue weighted by Gasteiger charge is -2.33. The predicted molar refractivity (Wildman–Crippen MR) is 214 cm³/mol. The number of halogens is 1. The van der Waals surface area contributed by atoms with E-state index in [-0.39, 0.29) is 24.7 Å². The first-order chi connectivity index (χ1) is 27.0. The summed E-state index contributed by atoms with van der Waals surface area (Å²) in [5, 5.41) is 46.0. The summed E-state index contributed by atoms with van der Waals surface area (Å²) in [7, 11) is -3.75. The molecular weight excluding hydrogens is 759 g/mol. The second-order valence-electron chi connectivity index (χ2n) is 14.3. The van der Waals surface area contributed by atoms with Gasteiger partial charge in [-0.05, 0) is 42.3 Å². The van der Waals surface area contributed by atoms with E-state index in [2.05, 4.69) is 23.1 Å². The Morgan fingerprint density at radius 1 is 0.929 bits per heavy atom. The maximum Gasteiger partial charge on any atom is 0.472 e. The van der Waals surface area contributed by atoms with Gasteiger partial charge in [0.15, 0.2) is 5.82 Å². The number of methoxy groups -OCH3 is 1. The van der Waals surface area contributed by atoms with Crippen molar-refractivity contribution < 1.29 is 38.2 Å². The summed E-state index contributed by atoms with van der Waals surface area (Å²) >= 11 is 6.18. The molecule has 3 aromatic rings. The summed E-state index contributed by atoms with van der Waals surface area (Å²) in [5.74, 6) is 0.129. The van der Waals surface area contributed by atoms with E-state index >= 15 is 0 Å². The van der Waals surface area contributed by atoms with E-state index in [1.54, 1.807) is 24.3 Å². The van der Waals surface area contributed by atoms with Crippen molar-refractivity contribution in [2.75, 3.05) is 26.1 Å². The molecule has 1 aromatic carbocycles. The lowest BCUT2D eigenvalue weighted by atomic mass is 9.93. The van der Waals surface area contributed by atoms with E-state index in [9.17, 15) is 30.2 Å². The number of hydrogen-bond donors (Lipinski definition) is 4. The van der Waals surface area contributed by atoms with Crippen LogP contribution in [0.4, 0.5) is 5.82 Å². The Hall–Kier alpha value is -3.14. The highest BCUT2D eigenvalue weighted by Gasteiger charge is 2.46. The van der Waals surface area contributed by atoms with Crippen LogP contribution in [0.5, 0.6) is 0 Å². The first kappa shape index (κ1) is 47.2. The number of anilines is 1. The third-order valence-electron chi connectivity index (χ3n) is 9.96. The summed E-state index contributed by atoms with van der Waals surface area (Å²) in [4.78, 5) is 14.5. The molecule has 0 saturated carbocycles. The van der Waals surface area contributed by atoms with Crippen LogP contribution in [0.15, 0.2) is 36.7 Å². The number of unbranched alkanes of at least 4 members (excludes halogenated alkanes) is 15. The molecule has 16 heteroatoms. The topological polar surface area (TPSA) is 218 Å². The highest BCUT2D eigenvalue weighted by atomic mass is 35.5. The highest BCUT2D eigenvalue weighted by molar-refractivity contribution is 7.47. The smallest absolute Gasteiger partial charge is 0.386 e. The van der Waals surface area contributed by atoms with Crippen molar-refractivity contribution in [2.45, 2.75) is 147 Å². The van der Waals surface area contributed by atoms with E-state index < -0.39 is 38.3 Å². The highest BCUT2D eigenvalue weighted by Crippen LogP contribution is 2.45. The first-order valence-electron chi connectivity index (χ1n) is 19.8. The molecule has 0 amide bonds. The lowest BCUT2D eigenvalue weighted by Crippen LogP contribution is -2.50. The van der Waals surface area contributed by atoms with Crippen molar-refractivity contribution in [1.29, 1.82) is 10.5 Å². The molecule has 0 radical (unpaired) electrons. The normalized spacial score (nSPS) is 15.4. The van der Waals surface area contributed by atoms with Crippen LogP contribution in [0.1, 0.15) is 139 Å². The molecule has 5 N–H and O–H groups in total. The van der Waals surface area contributed by atoms with Crippen LogP contribution in [-0.4, -0.2) is 67.8 Å². The largest absolute Gasteiger partial charge is 0.472 e. The number of ether oxygens (including phenoxy) is 2. The zero-order valence-electron chi connectivity index (χ0n) is 32.9. The van der Waals surface area contributed by atoms with Crippen LogP contribution in [0.3, 0.4) is 0 Å². The number of nitrogens with zero attached hydrogens (tertiary/aromatic N) is 5. The Balaban J connectivity index is 1.50. The fraction of sp³-hybridized carbons (Fsp3) is 0.650. The number of phosphoric ester groups is 1. The quantitative estimate of drug-likeness (QED) is 0.0367. The van der Waals surface area contributed by atoms with Crippen LogP contribution >= 0.6 is 19.4 Å². The van der Waals surface area contributed by atoms with Gasteiger partial charge in [-0.25, -0.2) is 14.1 Å². The lowest BCUT2D eigenvalue weighted by molar-refractivity contribution is -0.134. The fourth-order valence-electron chi connectivity index (χ4n) is 6.56. The van der Waals surface area contributed by atoms with Gasteiger partial charge in [-0.15, -0.1) is 0 Å². The summed E-state index contributed by atoms with van der Waals surface area (Å²) in [5.41, 5.74) is 5.04. The number of rotatable bonds is 30. The molecule has 5 atom stereocenters. The van der Waals surface area contributed by atoms with E-state index in [4.69, 9.17) is 35.9 Å². The van der Waals surface area contributed by atoms with E-state index in [0.717, 1.165) is 39.1 Å². The number of nitrogens with two attached hydrogens (primary N) is 1. The van der Waals surface area contributed by atoms with Crippen molar-refractivity contribution in [1.82, 2.24) is 14.6 Å². The minimum Gasteiger partial charge on any atom is -0.386 e. The van der Waals surface area contributed by atoms with E-state index in [1.807, 2.05) is 0 Å². The van der Waals surface area contributed by atoms with Gasteiger partial charge in [0.1, 0.15) is 36.7 Å². The van der Waals surface area contributed by atoms with Gasteiger partial charge < -0.3 is 30.3 Å². The SMILES string of the molecule is CCCCCCCCCCCCCCCCCC[C@H](COP(=O)(O)OC[C@@](C#N)(OC)[C@@H](O)[C@@H](O)c1ccc2c(N)ncnn12)OCc1cc(Cl)cc(C#N)c1. The Bertz CT molecular complexity index is 1730. The summed E-state index contributed by atoms with van der Waals surface area (Å²) < 4.78 is 36.2. The van der Waals surface area contributed by atoms with Gasteiger partial charge in [0.25, 0.3) is 0 Å². The average Bonchev–Trinajstić information content (AvgIpc) is 3.64. The minimum absolute atomic E-state index is 0.0670. The third kappa shape index (κ3) is 15.7. The first-order valence-corrected chi connectivity index (χ1v) is 21.7. The number of hydrogen-bond acceptors (Lipinski definition) is 12. The van der Waals surface area contributed by atoms with Crippen molar-refractivity contribution in [3.63, 3.8) is 0 Å². The van der Waals surface area contributed by atoms with Gasteiger partial charge in [-0.2, -0.15) is 15.6 Å². The summed E-state index contributed by atoms with van der Waals surface area (Å²) in [6.07, 6.45) is 17.1. The fourth-order valence-corrected chi connectivity index (χ4v) is 7.60. The van der Waals surface area contributed by atoms with E-state index in [0.29, 0.717) is 28.1 Å². The number of fused-ring (bicyclic) bond motifs is 1. The van der Waals surface area contributed by atoms with Crippen molar-refractivity contribution in [3.8, 4) is 12.1 Å². The van der Waals surface area contributed by atoms with Gasteiger partial charge in [0, 0.05) is 12.1 Å². The molecule has 56 heavy (non-hydrogen) atoms. The molecule has 3 rings (SSSR count). The number of benzene rings is 1. The third-order valence-corrected chi connectivity index (χ3v) is 11.1. The molecule has 2 aromatic heterocycles. The van der Waals surface area contributed by atoms with Crippen LogP contribution in [0.2, 0.25) is 5.02 Å². The molecule has 0 bridgehead atoms. The molecule has 0 aliphatic rings. The molecule has 0 fully saturated rings.